The van der Waals surface area contributed by atoms with Crippen molar-refractivity contribution in [3.05, 3.63) is 33.6 Å². The Balaban J connectivity index is 1.66. The molecule has 1 fully saturated rings. The first kappa shape index (κ1) is 19.7. The fourth-order valence-electron chi connectivity index (χ4n) is 3.74. The number of aryl methyl sites for hydroxylation is 1. The summed E-state index contributed by atoms with van der Waals surface area (Å²) in [5.41, 5.74) is 3.30. The molecule has 3 rings (SSSR count). The summed E-state index contributed by atoms with van der Waals surface area (Å²) in [5, 5.41) is 5.36. The van der Waals surface area contributed by atoms with E-state index in [-0.39, 0.29) is 23.9 Å². The van der Waals surface area contributed by atoms with Crippen molar-refractivity contribution in [1.29, 1.82) is 0 Å². The van der Waals surface area contributed by atoms with Gasteiger partial charge in [0.05, 0.1) is 17.9 Å². The zero-order valence-corrected chi connectivity index (χ0v) is 17.2. The predicted octanol–water partition coefficient (Wildman–Crippen LogP) is 3.15. The van der Waals surface area contributed by atoms with Gasteiger partial charge in [0.25, 0.3) is 5.91 Å². The quantitative estimate of drug-likeness (QED) is 0.766. The molecule has 1 aliphatic heterocycles. The summed E-state index contributed by atoms with van der Waals surface area (Å²) in [6.07, 6.45) is 0.419. The second-order valence-corrected chi connectivity index (χ2v) is 8.09. The van der Waals surface area contributed by atoms with Crippen molar-refractivity contribution in [2.24, 2.45) is 0 Å². The Morgan fingerprint density at radius 1 is 1.33 bits per heavy atom. The first-order valence-corrected chi connectivity index (χ1v) is 9.96. The van der Waals surface area contributed by atoms with Crippen LogP contribution >= 0.6 is 11.3 Å². The van der Waals surface area contributed by atoms with E-state index in [9.17, 15) is 9.59 Å². The van der Waals surface area contributed by atoms with Gasteiger partial charge < -0.3 is 9.72 Å². The molecule has 7 nitrogen and oxygen atoms in total. The van der Waals surface area contributed by atoms with Crippen LogP contribution in [0.5, 0.6) is 0 Å². The Morgan fingerprint density at radius 2 is 2.00 bits per heavy atom. The van der Waals surface area contributed by atoms with Gasteiger partial charge in [-0.3, -0.25) is 19.8 Å². The van der Waals surface area contributed by atoms with Gasteiger partial charge in [0.2, 0.25) is 0 Å². The highest BCUT2D eigenvalue weighted by Crippen LogP contribution is 2.22. The van der Waals surface area contributed by atoms with Crippen LogP contribution in [0.3, 0.4) is 0 Å². The molecule has 0 radical (unpaired) electrons. The van der Waals surface area contributed by atoms with Gasteiger partial charge in [0.15, 0.2) is 10.9 Å². The number of morpholine rings is 1. The number of aromatic amines is 1. The van der Waals surface area contributed by atoms with Crippen LogP contribution in [0.15, 0.2) is 5.38 Å². The lowest BCUT2D eigenvalue weighted by Gasteiger charge is -2.34. The van der Waals surface area contributed by atoms with E-state index in [1.165, 1.54) is 18.3 Å². The standard InChI is InChI=1S/C19H26N4O3S/c1-10-6-23(7-11(2)26-10)8-15-9-27-19(21-15)22-18(25)17-12(3)16(14(5)24)13(4)20-17/h9-11,20H,6-8H2,1-5H3,(H,21,22,25)/t10-,11+. The monoisotopic (exact) mass is 390 g/mol. The number of anilines is 1. The van der Waals surface area contributed by atoms with Crippen LogP contribution in [0.2, 0.25) is 0 Å². The van der Waals surface area contributed by atoms with Crippen LogP contribution in [0.4, 0.5) is 5.13 Å². The molecule has 2 aromatic rings. The van der Waals surface area contributed by atoms with Crippen LogP contribution in [0, 0.1) is 13.8 Å². The normalized spacial score (nSPS) is 20.6. The number of ketones is 1. The van der Waals surface area contributed by atoms with Crippen molar-refractivity contribution in [3.63, 3.8) is 0 Å². The molecule has 0 aliphatic carbocycles. The Morgan fingerprint density at radius 3 is 2.59 bits per heavy atom. The van der Waals surface area contributed by atoms with Crippen molar-refractivity contribution >= 4 is 28.2 Å². The van der Waals surface area contributed by atoms with Crippen molar-refractivity contribution in [2.45, 2.75) is 53.4 Å². The molecule has 2 atom stereocenters. The number of hydrogen-bond acceptors (Lipinski definition) is 6. The summed E-state index contributed by atoms with van der Waals surface area (Å²) in [6, 6.07) is 0. The van der Waals surface area contributed by atoms with Gasteiger partial charge >= 0.3 is 0 Å². The van der Waals surface area contributed by atoms with E-state index >= 15 is 0 Å². The van der Waals surface area contributed by atoms with Crippen LogP contribution in [0.25, 0.3) is 0 Å². The minimum atomic E-state index is -0.280. The number of H-pyrrole nitrogens is 1. The lowest BCUT2D eigenvalue weighted by molar-refractivity contribution is -0.0707. The predicted molar refractivity (Wildman–Crippen MR) is 106 cm³/mol. The van der Waals surface area contributed by atoms with E-state index < -0.39 is 0 Å². The van der Waals surface area contributed by atoms with E-state index in [4.69, 9.17) is 4.74 Å². The molecule has 27 heavy (non-hydrogen) atoms. The summed E-state index contributed by atoms with van der Waals surface area (Å²) < 4.78 is 5.76. The van der Waals surface area contributed by atoms with Gasteiger partial charge in [-0.05, 0) is 40.2 Å². The third kappa shape index (κ3) is 4.45. The molecule has 1 aliphatic rings. The molecule has 8 heteroatoms. The molecule has 1 saturated heterocycles. The van der Waals surface area contributed by atoms with Gasteiger partial charge in [-0.1, -0.05) is 0 Å². The topological polar surface area (TPSA) is 87.3 Å². The molecule has 1 amide bonds. The molecule has 3 heterocycles. The maximum atomic E-state index is 12.6. The lowest BCUT2D eigenvalue weighted by atomic mass is 10.1. The Kier molecular flexibility index (Phi) is 5.78. The van der Waals surface area contributed by atoms with E-state index in [1.54, 1.807) is 13.8 Å². The number of thiazole rings is 1. The number of carbonyl (C=O) groups is 2. The number of carbonyl (C=O) groups excluding carboxylic acids is 2. The van der Waals surface area contributed by atoms with Crippen molar-refractivity contribution in [3.8, 4) is 0 Å². The van der Waals surface area contributed by atoms with Crippen LogP contribution < -0.4 is 5.32 Å². The zero-order chi connectivity index (χ0) is 19.7. The van der Waals surface area contributed by atoms with E-state index in [1.807, 2.05) is 5.38 Å². The number of hydrogen-bond donors (Lipinski definition) is 2. The smallest absolute Gasteiger partial charge is 0.274 e. The van der Waals surface area contributed by atoms with Crippen LogP contribution in [-0.4, -0.2) is 51.9 Å². The molecule has 0 saturated carbocycles. The summed E-state index contributed by atoms with van der Waals surface area (Å²) in [7, 11) is 0. The minimum Gasteiger partial charge on any atom is -0.373 e. The molecule has 2 aromatic heterocycles. The van der Waals surface area contributed by atoms with Crippen molar-refractivity contribution in [1.82, 2.24) is 14.9 Å². The summed E-state index contributed by atoms with van der Waals surface area (Å²) in [4.78, 5) is 34.2. The number of Topliss-reactive ketones (excluding diaryl/α,β-unsaturated/α-hetero) is 1. The van der Waals surface area contributed by atoms with E-state index in [0.29, 0.717) is 27.6 Å². The zero-order valence-electron chi connectivity index (χ0n) is 16.4. The number of rotatable bonds is 5. The first-order chi connectivity index (χ1) is 12.7. The highest BCUT2D eigenvalue weighted by molar-refractivity contribution is 7.13. The first-order valence-electron chi connectivity index (χ1n) is 9.08. The van der Waals surface area contributed by atoms with Gasteiger partial charge in [0.1, 0.15) is 5.69 Å². The minimum absolute atomic E-state index is 0.0502. The summed E-state index contributed by atoms with van der Waals surface area (Å²) >= 11 is 1.40. The average molecular weight is 391 g/mol. The number of nitrogens with zero attached hydrogens (tertiary/aromatic N) is 2. The van der Waals surface area contributed by atoms with Gasteiger partial charge in [-0.2, -0.15) is 0 Å². The molecular formula is C19H26N4O3S. The van der Waals surface area contributed by atoms with E-state index in [2.05, 4.69) is 34.0 Å². The number of aromatic nitrogens is 2. The molecular weight excluding hydrogens is 364 g/mol. The molecule has 146 valence electrons. The Bertz CT molecular complexity index is 847. The average Bonchev–Trinajstić information content (AvgIpc) is 3.10. The fourth-order valence-corrected chi connectivity index (χ4v) is 4.44. The Labute approximate surface area is 163 Å². The largest absolute Gasteiger partial charge is 0.373 e. The highest BCUT2D eigenvalue weighted by Gasteiger charge is 2.23. The van der Waals surface area contributed by atoms with Gasteiger partial charge in [-0.15, -0.1) is 11.3 Å². The van der Waals surface area contributed by atoms with Crippen molar-refractivity contribution in [2.75, 3.05) is 18.4 Å². The maximum Gasteiger partial charge on any atom is 0.274 e. The third-order valence-corrected chi connectivity index (χ3v) is 5.48. The third-order valence-electron chi connectivity index (χ3n) is 4.67. The second kappa shape index (κ2) is 7.92. The number of nitrogens with one attached hydrogen (secondary N) is 2. The SMILES string of the molecule is CC(=O)c1c(C)[nH]c(C(=O)Nc2nc(CN3C[C@@H](C)O[C@@H](C)C3)cs2)c1C. The summed E-state index contributed by atoms with van der Waals surface area (Å²) in [5.74, 6) is -0.330. The maximum absolute atomic E-state index is 12.6. The van der Waals surface area contributed by atoms with Crippen LogP contribution in [0.1, 0.15) is 58.6 Å². The molecule has 2 N–H and O–H groups in total. The Hall–Kier alpha value is -2.03. The molecule has 0 unspecified atom stereocenters. The number of amides is 1. The van der Waals surface area contributed by atoms with Gasteiger partial charge in [0, 0.05) is 36.3 Å². The fraction of sp³-hybridized carbons (Fsp3) is 0.526. The lowest BCUT2D eigenvalue weighted by Crippen LogP contribution is -2.44. The molecule has 0 spiro atoms. The highest BCUT2D eigenvalue weighted by atomic mass is 32.1. The summed E-state index contributed by atoms with van der Waals surface area (Å²) in [6.45, 7) is 11.7. The molecule has 0 aromatic carbocycles. The second-order valence-electron chi connectivity index (χ2n) is 7.23. The van der Waals surface area contributed by atoms with Crippen molar-refractivity contribution < 1.29 is 14.3 Å². The molecule has 0 bridgehead atoms. The van der Waals surface area contributed by atoms with Crippen LogP contribution in [-0.2, 0) is 11.3 Å². The van der Waals surface area contributed by atoms with Gasteiger partial charge in [-0.25, -0.2) is 4.98 Å². The van der Waals surface area contributed by atoms with E-state index in [0.717, 1.165) is 25.3 Å². The number of ether oxygens (including phenoxy) is 1.